The van der Waals surface area contributed by atoms with E-state index in [-0.39, 0.29) is 11.7 Å². The molecular weight excluding hydrogens is 388 g/mol. The molecule has 0 fully saturated rings. The van der Waals surface area contributed by atoms with Crippen LogP contribution in [0.25, 0.3) is 5.69 Å². The summed E-state index contributed by atoms with van der Waals surface area (Å²) in [5.41, 5.74) is 3.54. The third-order valence-electron chi connectivity index (χ3n) is 4.33. The van der Waals surface area contributed by atoms with Crippen molar-refractivity contribution in [1.29, 1.82) is 0 Å². The Balaban J connectivity index is 1.80. The summed E-state index contributed by atoms with van der Waals surface area (Å²) < 4.78 is 31.1. The number of nitrogens with zero attached hydrogens (tertiary/aromatic N) is 2. The zero-order chi connectivity index (χ0) is 20.4. The Kier molecular flexibility index (Phi) is 5.65. The SMILES string of the molecule is Cc1nn(-c2ccc(C(=O)Nc3cccc(OC(F)F)c3C)cc2)c(C)c1Cl. The molecule has 3 rings (SSSR count). The van der Waals surface area contributed by atoms with E-state index in [1.165, 1.54) is 12.1 Å². The molecular formula is C20H18ClF2N3O2. The lowest BCUT2D eigenvalue weighted by molar-refractivity contribution is -0.0502. The van der Waals surface area contributed by atoms with Gasteiger partial charge in [0.25, 0.3) is 5.91 Å². The number of aryl methyl sites for hydroxylation is 1. The number of ether oxygens (including phenoxy) is 1. The van der Waals surface area contributed by atoms with E-state index < -0.39 is 6.61 Å². The molecule has 1 amide bonds. The first kappa shape index (κ1) is 19.8. The van der Waals surface area contributed by atoms with Gasteiger partial charge < -0.3 is 10.1 Å². The number of carbonyl (C=O) groups excluding carboxylic acids is 1. The van der Waals surface area contributed by atoms with E-state index in [4.69, 9.17) is 11.6 Å². The molecule has 0 aliphatic rings. The number of aromatic nitrogens is 2. The summed E-state index contributed by atoms with van der Waals surface area (Å²) in [6, 6.07) is 11.4. The smallest absolute Gasteiger partial charge is 0.387 e. The Morgan fingerprint density at radius 1 is 1.14 bits per heavy atom. The minimum atomic E-state index is -2.93. The fraction of sp³-hybridized carbons (Fsp3) is 0.200. The maximum Gasteiger partial charge on any atom is 0.387 e. The lowest BCUT2D eigenvalue weighted by Gasteiger charge is -2.13. The van der Waals surface area contributed by atoms with Crippen LogP contribution in [0.15, 0.2) is 42.5 Å². The summed E-state index contributed by atoms with van der Waals surface area (Å²) >= 11 is 6.17. The number of halogens is 3. The van der Waals surface area contributed by atoms with Gasteiger partial charge in [0.15, 0.2) is 0 Å². The highest BCUT2D eigenvalue weighted by molar-refractivity contribution is 6.31. The van der Waals surface area contributed by atoms with E-state index in [1.807, 2.05) is 13.8 Å². The Labute approximate surface area is 165 Å². The first-order valence-electron chi connectivity index (χ1n) is 8.46. The molecule has 0 aliphatic carbocycles. The van der Waals surface area contributed by atoms with Gasteiger partial charge >= 0.3 is 6.61 Å². The standard InChI is InChI=1S/C20H18ClF2N3O2/c1-11-16(5-4-6-17(11)28-20(22)23)24-19(27)14-7-9-15(10-8-14)26-13(3)18(21)12(2)25-26/h4-10,20H,1-3H3,(H,24,27). The Morgan fingerprint density at radius 3 is 2.39 bits per heavy atom. The molecule has 0 aliphatic heterocycles. The molecule has 0 unspecified atom stereocenters. The quantitative estimate of drug-likeness (QED) is 0.626. The zero-order valence-electron chi connectivity index (χ0n) is 15.5. The van der Waals surface area contributed by atoms with Crippen molar-refractivity contribution < 1.29 is 18.3 Å². The summed E-state index contributed by atoms with van der Waals surface area (Å²) in [7, 11) is 0. The van der Waals surface area contributed by atoms with Crippen LogP contribution in [0.5, 0.6) is 5.75 Å². The fourth-order valence-corrected chi connectivity index (χ4v) is 2.91. The zero-order valence-corrected chi connectivity index (χ0v) is 16.2. The van der Waals surface area contributed by atoms with Crippen molar-refractivity contribution in [2.24, 2.45) is 0 Å². The van der Waals surface area contributed by atoms with E-state index in [0.717, 1.165) is 17.1 Å². The van der Waals surface area contributed by atoms with Crippen molar-refractivity contribution in [3.05, 3.63) is 70.0 Å². The van der Waals surface area contributed by atoms with Gasteiger partial charge in [-0.15, -0.1) is 0 Å². The number of hydrogen-bond acceptors (Lipinski definition) is 3. The second kappa shape index (κ2) is 7.98. The number of amides is 1. The summed E-state index contributed by atoms with van der Waals surface area (Å²) in [4.78, 5) is 12.5. The predicted molar refractivity (Wildman–Crippen MR) is 104 cm³/mol. The fourth-order valence-electron chi connectivity index (χ4n) is 2.80. The lowest BCUT2D eigenvalue weighted by Crippen LogP contribution is -2.13. The number of benzene rings is 2. The molecule has 0 saturated carbocycles. The van der Waals surface area contributed by atoms with E-state index in [0.29, 0.717) is 21.8 Å². The van der Waals surface area contributed by atoms with E-state index in [2.05, 4.69) is 15.2 Å². The van der Waals surface area contributed by atoms with Gasteiger partial charge in [0, 0.05) is 16.8 Å². The Morgan fingerprint density at radius 2 is 1.82 bits per heavy atom. The van der Waals surface area contributed by atoms with Crippen LogP contribution in [0.2, 0.25) is 5.02 Å². The molecule has 28 heavy (non-hydrogen) atoms. The third-order valence-corrected chi connectivity index (χ3v) is 4.87. The molecule has 1 N–H and O–H groups in total. The third kappa shape index (κ3) is 3.99. The molecule has 3 aromatic rings. The van der Waals surface area contributed by atoms with Crippen LogP contribution in [-0.2, 0) is 0 Å². The predicted octanol–water partition coefficient (Wildman–Crippen LogP) is 5.30. The summed E-state index contributed by atoms with van der Waals surface area (Å²) in [5, 5.41) is 7.69. The largest absolute Gasteiger partial charge is 0.434 e. The van der Waals surface area contributed by atoms with Gasteiger partial charge in [-0.25, -0.2) is 4.68 Å². The first-order chi connectivity index (χ1) is 13.3. The highest BCUT2D eigenvalue weighted by Crippen LogP contribution is 2.27. The van der Waals surface area contributed by atoms with Crippen molar-refractivity contribution in [2.45, 2.75) is 27.4 Å². The molecule has 0 bridgehead atoms. The molecule has 5 nitrogen and oxygen atoms in total. The molecule has 0 radical (unpaired) electrons. The van der Waals surface area contributed by atoms with Gasteiger partial charge in [0.05, 0.1) is 22.1 Å². The average molecular weight is 406 g/mol. The van der Waals surface area contributed by atoms with E-state index in [9.17, 15) is 13.6 Å². The molecule has 2 aromatic carbocycles. The van der Waals surface area contributed by atoms with Crippen LogP contribution >= 0.6 is 11.6 Å². The van der Waals surface area contributed by atoms with Crippen molar-refractivity contribution in [3.8, 4) is 11.4 Å². The van der Waals surface area contributed by atoms with Crippen LogP contribution in [0.1, 0.15) is 27.3 Å². The number of rotatable bonds is 5. The highest BCUT2D eigenvalue weighted by atomic mass is 35.5. The van der Waals surface area contributed by atoms with Crippen molar-refractivity contribution in [3.63, 3.8) is 0 Å². The van der Waals surface area contributed by atoms with Gasteiger partial charge in [-0.2, -0.15) is 13.9 Å². The molecule has 1 heterocycles. The number of nitrogens with one attached hydrogen (secondary N) is 1. The van der Waals surface area contributed by atoms with E-state index >= 15 is 0 Å². The van der Waals surface area contributed by atoms with Crippen LogP contribution < -0.4 is 10.1 Å². The van der Waals surface area contributed by atoms with Gasteiger partial charge in [0.2, 0.25) is 0 Å². The van der Waals surface area contributed by atoms with Crippen LogP contribution in [0, 0.1) is 20.8 Å². The van der Waals surface area contributed by atoms with Crippen molar-refractivity contribution >= 4 is 23.2 Å². The summed E-state index contributed by atoms with van der Waals surface area (Å²) in [6.45, 7) is 2.35. The second-order valence-corrected chi connectivity index (χ2v) is 6.58. The second-order valence-electron chi connectivity index (χ2n) is 6.20. The molecule has 1 aromatic heterocycles. The molecule has 146 valence electrons. The van der Waals surface area contributed by atoms with Crippen LogP contribution in [-0.4, -0.2) is 22.3 Å². The Bertz CT molecular complexity index is 1020. The van der Waals surface area contributed by atoms with Gasteiger partial charge in [0.1, 0.15) is 5.75 Å². The maximum absolute atomic E-state index is 12.5. The average Bonchev–Trinajstić information content (AvgIpc) is 2.92. The Hall–Kier alpha value is -2.93. The number of anilines is 1. The summed E-state index contributed by atoms with van der Waals surface area (Å²) in [6.07, 6.45) is 0. The van der Waals surface area contributed by atoms with Gasteiger partial charge in [-0.05, 0) is 57.2 Å². The molecule has 0 saturated heterocycles. The molecule has 8 heteroatoms. The van der Waals surface area contributed by atoms with Crippen LogP contribution in [0.3, 0.4) is 0 Å². The maximum atomic E-state index is 12.5. The number of alkyl halides is 2. The number of carbonyl (C=O) groups is 1. The molecule has 0 atom stereocenters. The lowest BCUT2D eigenvalue weighted by atomic mass is 10.1. The van der Waals surface area contributed by atoms with E-state index in [1.54, 1.807) is 41.9 Å². The molecule has 0 spiro atoms. The van der Waals surface area contributed by atoms with Gasteiger partial charge in [-0.3, -0.25) is 4.79 Å². The van der Waals surface area contributed by atoms with Crippen molar-refractivity contribution in [1.82, 2.24) is 9.78 Å². The minimum absolute atomic E-state index is 0.0181. The normalized spacial score (nSPS) is 11.0. The van der Waals surface area contributed by atoms with Crippen LogP contribution in [0.4, 0.5) is 14.5 Å². The van der Waals surface area contributed by atoms with Gasteiger partial charge in [-0.1, -0.05) is 17.7 Å². The first-order valence-corrected chi connectivity index (χ1v) is 8.83. The summed E-state index contributed by atoms with van der Waals surface area (Å²) in [5.74, 6) is -0.347. The van der Waals surface area contributed by atoms with Crippen molar-refractivity contribution in [2.75, 3.05) is 5.32 Å². The minimum Gasteiger partial charge on any atom is -0.434 e. The highest BCUT2D eigenvalue weighted by Gasteiger charge is 2.14. The number of hydrogen-bond donors (Lipinski definition) is 1. The topological polar surface area (TPSA) is 56.2 Å². The monoisotopic (exact) mass is 405 g/mol.